The highest BCUT2D eigenvalue weighted by molar-refractivity contribution is 7.82. The van der Waals surface area contributed by atoms with Crippen molar-refractivity contribution in [1.82, 2.24) is 26.2 Å². The Morgan fingerprint density at radius 2 is 1.78 bits per heavy atom. The Morgan fingerprint density at radius 1 is 1.09 bits per heavy atom. The van der Waals surface area contributed by atoms with Crippen LogP contribution in [0.1, 0.15) is 64.4 Å². The predicted octanol–water partition coefficient (Wildman–Crippen LogP) is 1.50. The lowest BCUT2D eigenvalue weighted by molar-refractivity contribution is -0.145. The van der Waals surface area contributed by atoms with E-state index in [1.165, 1.54) is 4.90 Å². The highest BCUT2D eigenvalue weighted by atomic mass is 32.1. The second kappa shape index (κ2) is 14.8. The van der Waals surface area contributed by atoms with Crippen LogP contribution in [0.3, 0.4) is 0 Å². The molecule has 15 heteroatoms. The van der Waals surface area contributed by atoms with Gasteiger partial charge in [-0.1, -0.05) is 13.8 Å². The molecular formula is C30H41F2N5O7S. The largest absolute Gasteiger partial charge is 0.445 e. The summed E-state index contributed by atoms with van der Waals surface area (Å²) in [5.74, 6) is -4.22. The van der Waals surface area contributed by atoms with E-state index in [1.807, 2.05) is 13.8 Å². The molecule has 1 aromatic carbocycles. The number of carbonyl (C=O) groups excluding carboxylic acids is 5. The van der Waals surface area contributed by atoms with Gasteiger partial charge in [0.2, 0.25) is 22.7 Å². The van der Waals surface area contributed by atoms with Crippen molar-refractivity contribution in [2.75, 3.05) is 13.1 Å². The summed E-state index contributed by atoms with van der Waals surface area (Å²) < 4.78 is 32.1. The van der Waals surface area contributed by atoms with E-state index in [4.69, 9.17) is 4.74 Å². The van der Waals surface area contributed by atoms with Crippen molar-refractivity contribution < 1.29 is 42.6 Å². The summed E-state index contributed by atoms with van der Waals surface area (Å²) in [6, 6.07) is -0.176. The second-order valence-corrected chi connectivity index (χ2v) is 13.2. The third-order valence-electron chi connectivity index (χ3n) is 8.16. The molecule has 0 bridgehead atoms. The molecule has 2 saturated heterocycles. The molecule has 1 aliphatic carbocycles. The maximum Gasteiger partial charge on any atom is 0.407 e. The Kier molecular flexibility index (Phi) is 11.3. The Balaban J connectivity index is 1.45. The normalized spacial score (nSPS) is 22.7. The number of likely N-dealkylation sites (tertiary alicyclic amines) is 1. The SMILES string of the molecule is CC(C)C[C@@H](C(=O)N[C@@H](C[C@@H]1CCNC1=O)[C@](O)(S)C(=O)NC1CC1)N1C[C@@H](NC(=O)OCc2cc(F)cc(F)c2)CCC1=O. The zero-order valence-corrected chi connectivity index (χ0v) is 26.2. The number of alkyl carbamates (subject to hydrolysis) is 1. The van der Waals surface area contributed by atoms with Crippen molar-refractivity contribution in [2.45, 2.75) is 94.5 Å². The first-order valence-electron chi connectivity index (χ1n) is 15.2. The Morgan fingerprint density at radius 3 is 2.38 bits per heavy atom. The summed E-state index contributed by atoms with van der Waals surface area (Å²) in [5, 5.41) is 22.1. The molecule has 2 heterocycles. The van der Waals surface area contributed by atoms with E-state index in [1.54, 1.807) is 0 Å². The molecule has 4 rings (SSSR count). The molecule has 248 valence electrons. The lowest BCUT2D eigenvalue weighted by Gasteiger charge is -2.40. The maximum atomic E-state index is 13.9. The fraction of sp³-hybridized carbons (Fsp3) is 0.633. The number of ether oxygens (including phenoxy) is 1. The topological polar surface area (TPSA) is 166 Å². The van der Waals surface area contributed by atoms with Crippen LogP contribution in [0.2, 0.25) is 0 Å². The van der Waals surface area contributed by atoms with E-state index in [0.717, 1.165) is 25.0 Å². The first-order chi connectivity index (χ1) is 21.2. The number of benzene rings is 1. The number of hydrogen-bond acceptors (Lipinski definition) is 8. The van der Waals surface area contributed by atoms with Gasteiger partial charge in [-0.15, -0.1) is 12.6 Å². The van der Waals surface area contributed by atoms with Crippen molar-refractivity contribution >= 4 is 42.4 Å². The van der Waals surface area contributed by atoms with Gasteiger partial charge in [-0.2, -0.15) is 0 Å². The lowest BCUT2D eigenvalue weighted by atomic mass is 9.92. The second-order valence-electron chi connectivity index (χ2n) is 12.5. The summed E-state index contributed by atoms with van der Waals surface area (Å²) in [6.07, 6.45) is 1.59. The number of amides is 5. The molecule has 0 spiro atoms. The fourth-order valence-electron chi connectivity index (χ4n) is 5.59. The first-order valence-corrected chi connectivity index (χ1v) is 15.7. The summed E-state index contributed by atoms with van der Waals surface area (Å²) >= 11 is 4.26. The minimum Gasteiger partial charge on any atom is -0.445 e. The van der Waals surface area contributed by atoms with Gasteiger partial charge in [-0.3, -0.25) is 19.2 Å². The summed E-state index contributed by atoms with van der Waals surface area (Å²) in [5.41, 5.74) is 0.122. The van der Waals surface area contributed by atoms with Crippen molar-refractivity contribution in [3.8, 4) is 0 Å². The molecule has 0 unspecified atom stereocenters. The molecule has 1 saturated carbocycles. The minimum absolute atomic E-state index is 0.0217. The van der Waals surface area contributed by atoms with Crippen LogP contribution in [0, 0.1) is 23.5 Å². The Labute approximate surface area is 265 Å². The molecule has 5 atom stereocenters. The smallest absolute Gasteiger partial charge is 0.407 e. The van der Waals surface area contributed by atoms with Gasteiger partial charge in [0.15, 0.2) is 0 Å². The summed E-state index contributed by atoms with van der Waals surface area (Å²) in [6.45, 7) is 3.76. The van der Waals surface area contributed by atoms with Gasteiger partial charge in [-0.25, -0.2) is 13.6 Å². The van der Waals surface area contributed by atoms with E-state index >= 15 is 0 Å². The maximum absolute atomic E-state index is 13.9. The molecule has 3 fully saturated rings. The summed E-state index contributed by atoms with van der Waals surface area (Å²) in [7, 11) is 0. The number of halogens is 2. The first kappa shape index (κ1) is 34.4. The van der Waals surface area contributed by atoms with Gasteiger partial charge in [0.25, 0.3) is 5.91 Å². The molecule has 0 aromatic heterocycles. The monoisotopic (exact) mass is 653 g/mol. The Hall–Kier alpha value is -3.46. The van der Waals surface area contributed by atoms with E-state index in [2.05, 4.69) is 33.9 Å². The van der Waals surface area contributed by atoms with Crippen LogP contribution < -0.4 is 21.3 Å². The average Bonchev–Trinajstić information content (AvgIpc) is 3.69. The van der Waals surface area contributed by atoms with Crippen LogP contribution in [0.5, 0.6) is 0 Å². The summed E-state index contributed by atoms with van der Waals surface area (Å²) in [4.78, 5) is 63.9. The van der Waals surface area contributed by atoms with Gasteiger partial charge < -0.3 is 36.0 Å². The van der Waals surface area contributed by atoms with Crippen molar-refractivity contribution in [1.29, 1.82) is 0 Å². The van der Waals surface area contributed by atoms with Crippen LogP contribution >= 0.6 is 12.6 Å². The van der Waals surface area contributed by atoms with Crippen LogP contribution in [-0.2, 0) is 30.5 Å². The number of aliphatic hydroxyl groups is 1. The van der Waals surface area contributed by atoms with Crippen molar-refractivity contribution in [2.24, 2.45) is 11.8 Å². The van der Waals surface area contributed by atoms with Gasteiger partial charge in [0.1, 0.15) is 24.3 Å². The zero-order chi connectivity index (χ0) is 32.9. The number of carbonyl (C=O) groups is 5. The van der Waals surface area contributed by atoms with Crippen LogP contribution in [0.15, 0.2) is 18.2 Å². The Bertz CT molecular complexity index is 1270. The van der Waals surface area contributed by atoms with Crippen molar-refractivity contribution in [3.63, 3.8) is 0 Å². The van der Waals surface area contributed by atoms with Gasteiger partial charge in [-0.05, 0) is 62.1 Å². The highest BCUT2D eigenvalue weighted by Gasteiger charge is 2.47. The molecule has 5 amide bonds. The number of nitrogens with zero attached hydrogens (tertiary/aromatic N) is 1. The number of rotatable bonds is 13. The minimum atomic E-state index is -2.34. The van der Waals surface area contributed by atoms with E-state index in [0.29, 0.717) is 19.0 Å². The number of piperidine rings is 1. The van der Waals surface area contributed by atoms with E-state index in [9.17, 15) is 37.9 Å². The van der Waals surface area contributed by atoms with Crippen LogP contribution in [-0.4, -0.2) is 81.9 Å². The average molecular weight is 654 g/mol. The molecule has 3 aliphatic rings. The molecule has 2 aliphatic heterocycles. The molecular weight excluding hydrogens is 612 g/mol. The fourth-order valence-corrected chi connectivity index (χ4v) is 5.82. The third-order valence-corrected chi connectivity index (χ3v) is 8.68. The number of hydrogen-bond donors (Lipinski definition) is 6. The standard InChI is InChI=1S/C30H41F2N5O7S/c1-16(2)9-23(27(40)36-24(12-18-7-8-33-26(18)39)30(43,45)28(41)34-21-3-4-21)37-14-22(5-6-25(37)38)35-29(42)44-15-17-10-19(31)13-20(32)11-17/h10-11,13,16,18,21-24,43,45H,3-9,12,14-15H2,1-2H3,(H,33,39)(H,34,41)(H,35,42)(H,36,40)/t18-,22-,23-,24-,30-/m0/s1. The number of nitrogens with one attached hydrogen (secondary N) is 4. The third kappa shape index (κ3) is 9.52. The molecule has 5 N–H and O–H groups in total. The van der Waals surface area contributed by atoms with Crippen LogP contribution in [0.4, 0.5) is 13.6 Å². The highest BCUT2D eigenvalue weighted by Crippen LogP contribution is 2.29. The van der Waals surface area contributed by atoms with Crippen LogP contribution in [0.25, 0.3) is 0 Å². The zero-order valence-electron chi connectivity index (χ0n) is 25.3. The molecule has 0 radical (unpaired) electrons. The lowest BCUT2D eigenvalue weighted by Crippen LogP contribution is -2.63. The number of thiol groups is 1. The molecule has 45 heavy (non-hydrogen) atoms. The van der Waals surface area contributed by atoms with Crippen molar-refractivity contribution in [3.05, 3.63) is 35.4 Å². The quantitative estimate of drug-likeness (QED) is 0.139. The van der Waals surface area contributed by atoms with Gasteiger partial charge in [0.05, 0.1) is 12.1 Å². The van der Waals surface area contributed by atoms with E-state index in [-0.39, 0.29) is 68.2 Å². The molecule has 1 aromatic rings. The van der Waals surface area contributed by atoms with Gasteiger partial charge in [0, 0.05) is 37.5 Å². The predicted molar refractivity (Wildman–Crippen MR) is 160 cm³/mol. The van der Waals surface area contributed by atoms with E-state index < -0.39 is 58.5 Å². The van der Waals surface area contributed by atoms with Gasteiger partial charge >= 0.3 is 6.09 Å². The molecule has 12 nitrogen and oxygen atoms in total.